The summed E-state index contributed by atoms with van der Waals surface area (Å²) in [5, 5.41) is 6.86. The van der Waals surface area contributed by atoms with E-state index < -0.39 is 0 Å². The fraction of sp³-hybridized carbons (Fsp3) is 0.462. The molecule has 0 aliphatic carbocycles. The average Bonchev–Trinajstić information content (AvgIpc) is 2.57. The summed E-state index contributed by atoms with van der Waals surface area (Å²) in [6.07, 6.45) is 0.980. The zero-order valence-electron chi connectivity index (χ0n) is 10.4. The van der Waals surface area contributed by atoms with Gasteiger partial charge in [0.05, 0.1) is 0 Å². The van der Waals surface area contributed by atoms with E-state index in [4.69, 9.17) is 11.6 Å². The third-order valence-electron chi connectivity index (χ3n) is 3.16. The fourth-order valence-electron chi connectivity index (χ4n) is 2.04. The number of nitrogens with one attached hydrogen (secondary N) is 2. The van der Waals surface area contributed by atoms with Gasteiger partial charge in [0.25, 0.3) is 0 Å². The predicted octanol–water partition coefficient (Wildman–Crippen LogP) is 2.56. The van der Waals surface area contributed by atoms with Crippen LogP contribution >= 0.6 is 11.6 Å². The molecule has 5 heteroatoms. The van der Waals surface area contributed by atoms with Crippen molar-refractivity contribution >= 4 is 23.3 Å². The van der Waals surface area contributed by atoms with Gasteiger partial charge >= 0.3 is 6.03 Å². The minimum Gasteiger partial charge on any atom is -0.321 e. The van der Waals surface area contributed by atoms with Crippen LogP contribution in [0.2, 0.25) is 5.02 Å². The molecule has 0 spiro atoms. The molecule has 98 valence electrons. The molecule has 1 aliphatic heterocycles. The van der Waals surface area contributed by atoms with Crippen molar-refractivity contribution in [2.45, 2.75) is 19.4 Å². The van der Waals surface area contributed by atoms with E-state index in [0.717, 1.165) is 31.7 Å². The van der Waals surface area contributed by atoms with Crippen molar-refractivity contribution in [1.29, 1.82) is 0 Å². The number of hydrogen-bond donors (Lipinski definition) is 2. The molecule has 0 radical (unpaired) electrons. The molecular formula is C13H18ClN3O. The van der Waals surface area contributed by atoms with Crippen molar-refractivity contribution in [2.75, 3.05) is 25.0 Å². The Labute approximate surface area is 112 Å². The van der Waals surface area contributed by atoms with E-state index in [0.29, 0.717) is 5.02 Å². The minimum atomic E-state index is -0.0477. The van der Waals surface area contributed by atoms with Crippen LogP contribution < -0.4 is 10.6 Å². The summed E-state index contributed by atoms with van der Waals surface area (Å²) in [7, 11) is 0. The second-order valence-corrected chi connectivity index (χ2v) is 4.95. The van der Waals surface area contributed by atoms with Gasteiger partial charge in [-0.3, -0.25) is 0 Å². The molecule has 1 heterocycles. The number of anilines is 1. The van der Waals surface area contributed by atoms with Gasteiger partial charge in [0.1, 0.15) is 0 Å². The number of benzene rings is 1. The lowest BCUT2D eigenvalue weighted by Crippen LogP contribution is -2.42. The minimum absolute atomic E-state index is 0.0477. The number of carbonyl (C=O) groups excluding carboxylic acids is 1. The lowest BCUT2D eigenvalue weighted by atomic mass is 10.2. The van der Waals surface area contributed by atoms with Crippen LogP contribution in [-0.2, 0) is 0 Å². The topological polar surface area (TPSA) is 44.4 Å². The first-order valence-electron chi connectivity index (χ1n) is 6.21. The van der Waals surface area contributed by atoms with Gasteiger partial charge in [0, 0.05) is 29.8 Å². The van der Waals surface area contributed by atoms with Gasteiger partial charge < -0.3 is 15.5 Å². The third-order valence-corrected chi connectivity index (χ3v) is 3.41. The quantitative estimate of drug-likeness (QED) is 0.821. The van der Waals surface area contributed by atoms with Crippen molar-refractivity contribution in [3.63, 3.8) is 0 Å². The summed E-state index contributed by atoms with van der Waals surface area (Å²) in [5.41, 5.74) is 0.772. The smallest absolute Gasteiger partial charge is 0.321 e. The van der Waals surface area contributed by atoms with E-state index >= 15 is 0 Å². The van der Waals surface area contributed by atoms with Gasteiger partial charge in [-0.2, -0.15) is 0 Å². The highest BCUT2D eigenvalue weighted by atomic mass is 35.5. The van der Waals surface area contributed by atoms with Gasteiger partial charge in [-0.1, -0.05) is 11.6 Å². The second kappa shape index (κ2) is 6.07. The number of urea groups is 1. The fourth-order valence-corrected chi connectivity index (χ4v) is 2.17. The molecular weight excluding hydrogens is 250 g/mol. The molecule has 2 N–H and O–H groups in total. The molecule has 1 atom stereocenters. The lowest BCUT2D eigenvalue weighted by molar-refractivity contribution is 0.196. The Morgan fingerprint density at radius 2 is 2.11 bits per heavy atom. The van der Waals surface area contributed by atoms with Crippen molar-refractivity contribution in [3.8, 4) is 0 Å². The molecule has 1 aliphatic rings. The maximum Gasteiger partial charge on any atom is 0.322 e. The molecule has 1 aromatic carbocycles. The number of hydrogen-bond acceptors (Lipinski definition) is 2. The monoisotopic (exact) mass is 267 g/mol. The first-order valence-corrected chi connectivity index (χ1v) is 6.58. The molecule has 0 aromatic heterocycles. The van der Waals surface area contributed by atoms with Crippen LogP contribution in [-0.4, -0.2) is 36.6 Å². The molecule has 18 heavy (non-hydrogen) atoms. The largest absolute Gasteiger partial charge is 0.322 e. The summed E-state index contributed by atoms with van der Waals surface area (Å²) >= 11 is 5.81. The molecule has 0 bridgehead atoms. The molecule has 1 saturated heterocycles. The Kier molecular flexibility index (Phi) is 4.44. The van der Waals surface area contributed by atoms with Crippen LogP contribution in [0.3, 0.4) is 0 Å². The van der Waals surface area contributed by atoms with Gasteiger partial charge in [0.2, 0.25) is 0 Å². The Morgan fingerprint density at radius 3 is 2.83 bits per heavy atom. The van der Waals surface area contributed by atoms with E-state index in [1.807, 2.05) is 4.90 Å². The van der Waals surface area contributed by atoms with Crippen molar-refractivity contribution in [3.05, 3.63) is 29.3 Å². The maximum atomic E-state index is 12.2. The van der Waals surface area contributed by atoms with Crippen molar-refractivity contribution in [2.24, 2.45) is 0 Å². The highest BCUT2D eigenvalue weighted by Gasteiger charge is 2.21. The lowest BCUT2D eigenvalue weighted by Gasteiger charge is -2.26. The van der Waals surface area contributed by atoms with Crippen LogP contribution in [0.25, 0.3) is 0 Å². The van der Waals surface area contributed by atoms with Gasteiger partial charge in [-0.05, 0) is 44.2 Å². The molecule has 1 aromatic rings. The van der Waals surface area contributed by atoms with Gasteiger partial charge in [-0.15, -0.1) is 0 Å². The summed E-state index contributed by atoms with van der Waals surface area (Å²) < 4.78 is 0. The first kappa shape index (κ1) is 13.2. The van der Waals surface area contributed by atoms with Crippen molar-refractivity contribution in [1.82, 2.24) is 10.2 Å². The molecule has 1 fully saturated rings. The SMILES string of the molecule is CC1CCNCCN1C(=O)Nc1ccc(Cl)cc1. The predicted molar refractivity (Wildman–Crippen MR) is 74.1 cm³/mol. The number of amides is 2. The van der Waals surface area contributed by atoms with Crippen LogP contribution in [0.4, 0.5) is 10.5 Å². The summed E-state index contributed by atoms with van der Waals surface area (Å²) in [5.74, 6) is 0. The highest BCUT2D eigenvalue weighted by Crippen LogP contribution is 2.15. The van der Waals surface area contributed by atoms with Crippen LogP contribution in [0, 0.1) is 0 Å². The number of halogens is 1. The Balaban J connectivity index is 1.99. The van der Waals surface area contributed by atoms with E-state index in [2.05, 4.69) is 17.6 Å². The van der Waals surface area contributed by atoms with E-state index in [1.54, 1.807) is 24.3 Å². The van der Waals surface area contributed by atoms with Crippen LogP contribution in [0.15, 0.2) is 24.3 Å². The number of carbonyl (C=O) groups is 1. The average molecular weight is 268 g/mol. The summed E-state index contributed by atoms with van der Waals surface area (Å²) in [4.78, 5) is 14.0. The summed E-state index contributed by atoms with van der Waals surface area (Å²) in [6, 6.07) is 7.36. The van der Waals surface area contributed by atoms with Gasteiger partial charge in [0.15, 0.2) is 0 Å². The normalized spacial score (nSPS) is 20.3. The molecule has 0 saturated carbocycles. The Hall–Kier alpha value is -1.26. The number of rotatable bonds is 1. The van der Waals surface area contributed by atoms with Crippen LogP contribution in [0.5, 0.6) is 0 Å². The molecule has 1 unspecified atom stereocenters. The van der Waals surface area contributed by atoms with Crippen LogP contribution in [0.1, 0.15) is 13.3 Å². The zero-order valence-corrected chi connectivity index (χ0v) is 11.2. The number of nitrogens with zero attached hydrogens (tertiary/aromatic N) is 1. The molecule has 2 amide bonds. The molecule has 4 nitrogen and oxygen atoms in total. The highest BCUT2D eigenvalue weighted by molar-refractivity contribution is 6.30. The third kappa shape index (κ3) is 3.37. The van der Waals surface area contributed by atoms with E-state index in [1.165, 1.54) is 0 Å². The standard InChI is InChI=1S/C13H18ClN3O/c1-10-6-7-15-8-9-17(10)13(18)16-12-4-2-11(14)3-5-12/h2-5,10,15H,6-9H2,1H3,(H,16,18). The zero-order chi connectivity index (χ0) is 13.0. The summed E-state index contributed by atoms with van der Waals surface area (Å²) in [6.45, 7) is 4.62. The molecule has 2 rings (SSSR count). The van der Waals surface area contributed by atoms with Crippen molar-refractivity contribution < 1.29 is 4.79 Å². The Bertz CT molecular complexity index is 407. The first-order chi connectivity index (χ1) is 8.66. The van der Waals surface area contributed by atoms with E-state index in [9.17, 15) is 4.79 Å². The second-order valence-electron chi connectivity index (χ2n) is 4.52. The Morgan fingerprint density at radius 1 is 1.39 bits per heavy atom. The maximum absolute atomic E-state index is 12.2. The van der Waals surface area contributed by atoms with Gasteiger partial charge in [-0.25, -0.2) is 4.79 Å². The van der Waals surface area contributed by atoms with E-state index in [-0.39, 0.29) is 12.1 Å².